The number of amides is 2. The number of benzene rings is 2. The first-order valence-corrected chi connectivity index (χ1v) is 9.80. The highest BCUT2D eigenvalue weighted by molar-refractivity contribution is 5.94. The lowest BCUT2D eigenvalue weighted by molar-refractivity contribution is -0.121. The molecule has 0 fully saturated rings. The molecule has 0 unspecified atom stereocenters. The summed E-state index contributed by atoms with van der Waals surface area (Å²) in [6.45, 7) is 7.54. The number of hydrogen-bond donors (Lipinski definition) is 2. The predicted molar refractivity (Wildman–Crippen MR) is 112 cm³/mol. The van der Waals surface area contributed by atoms with Gasteiger partial charge in [0.05, 0.1) is 6.61 Å². The Morgan fingerprint density at radius 3 is 2.32 bits per heavy atom. The molecule has 5 nitrogen and oxygen atoms in total. The topological polar surface area (TPSA) is 67.4 Å². The molecule has 0 radical (unpaired) electrons. The van der Waals surface area contributed by atoms with Gasteiger partial charge in [0, 0.05) is 25.1 Å². The van der Waals surface area contributed by atoms with E-state index in [9.17, 15) is 9.59 Å². The average molecular weight is 383 g/mol. The summed E-state index contributed by atoms with van der Waals surface area (Å²) in [5.74, 6) is 1.13. The van der Waals surface area contributed by atoms with Crippen molar-refractivity contribution in [1.82, 2.24) is 10.6 Å². The minimum Gasteiger partial charge on any atom is -0.493 e. The summed E-state index contributed by atoms with van der Waals surface area (Å²) < 4.78 is 5.68. The highest BCUT2D eigenvalue weighted by Gasteiger charge is 2.07. The van der Waals surface area contributed by atoms with Gasteiger partial charge in [-0.1, -0.05) is 44.2 Å². The van der Waals surface area contributed by atoms with Crippen molar-refractivity contribution in [2.24, 2.45) is 0 Å². The molecule has 0 atom stereocenters. The van der Waals surface area contributed by atoms with Crippen molar-refractivity contribution in [2.45, 2.75) is 39.5 Å². The van der Waals surface area contributed by atoms with Gasteiger partial charge < -0.3 is 15.4 Å². The van der Waals surface area contributed by atoms with E-state index in [-0.39, 0.29) is 11.8 Å². The van der Waals surface area contributed by atoms with E-state index in [0.29, 0.717) is 44.0 Å². The number of hydrogen-bond acceptors (Lipinski definition) is 3. The molecule has 0 aliphatic rings. The lowest BCUT2D eigenvalue weighted by atomic mass is 10.0. The van der Waals surface area contributed by atoms with E-state index in [1.165, 1.54) is 5.56 Å². The predicted octanol–water partition coefficient (Wildman–Crippen LogP) is 3.82. The van der Waals surface area contributed by atoms with Gasteiger partial charge in [-0.25, -0.2) is 0 Å². The number of ether oxygens (including phenoxy) is 1. The molecule has 5 heteroatoms. The van der Waals surface area contributed by atoms with Crippen LogP contribution in [0.2, 0.25) is 0 Å². The van der Waals surface area contributed by atoms with Gasteiger partial charge in [-0.15, -0.1) is 0 Å². The zero-order valence-electron chi connectivity index (χ0n) is 17.0. The van der Waals surface area contributed by atoms with Crippen molar-refractivity contribution >= 4 is 11.8 Å². The number of rotatable bonds is 10. The zero-order chi connectivity index (χ0) is 20.4. The van der Waals surface area contributed by atoms with Gasteiger partial charge >= 0.3 is 0 Å². The summed E-state index contributed by atoms with van der Waals surface area (Å²) in [7, 11) is 0. The van der Waals surface area contributed by atoms with Gasteiger partial charge in [-0.3, -0.25) is 9.59 Å². The summed E-state index contributed by atoms with van der Waals surface area (Å²) in [6.07, 6.45) is 1.05. The number of carbonyl (C=O) groups excluding carboxylic acids is 2. The molecule has 0 saturated carbocycles. The third kappa shape index (κ3) is 7.06. The standard InChI is InChI=1S/C23H30N2O3/c1-17(2)19-10-12-20(13-11-19)23(27)25-15-14-24-22(26)9-6-16-28-21-8-5-4-7-18(21)3/h4-5,7-8,10-13,17H,6,9,14-16H2,1-3H3,(H,24,26)(H,25,27). The monoisotopic (exact) mass is 382 g/mol. The Kier molecular flexibility index (Phi) is 8.53. The molecule has 2 rings (SSSR count). The van der Waals surface area contributed by atoms with Crippen molar-refractivity contribution < 1.29 is 14.3 Å². The van der Waals surface area contributed by atoms with E-state index in [4.69, 9.17) is 4.74 Å². The van der Waals surface area contributed by atoms with Crippen LogP contribution >= 0.6 is 0 Å². The lowest BCUT2D eigenvalue weighted by Gasteiger charge is -2.10. The van der Waals surface area contributed by atoms with Crippen LogP contribution in [0.5, 0.6) is 5.75 Å². The summed E-state index contributed by atoms with van der Waals surface area (Å²) in [5, 5.41) is 5.63. The molecule has 2 aromatic rings. The van der Waals surface area contributed by atoms with E-state index in [1.54, 1.807) is 0 Å². The number of carbonyl (C=O) groups is 2. The van der Waals surface area contributed by atoms with Gasteiger partial charge in [-0.05, 0) is 48.6 Å². The fourth-order valence-corrected chi connectivity index (χ4v) is 2.72. The van der Waals surface area contributed by atoms with Crippen molar-refractivity contribution in [1.29, 1.82) is 0 Å². The first kappa shape index (κ1) is 21.5. The normalized spacial score (nSPS) is 10.6. The first-order valence-electron chi connectivity index (χ1n) is 9.80. The van der Waals surface area contributed by atoms with E-state index < -0.39 is 0 Å². The Labute approximate surface area is 167 Å². The minimum atomic E-state index is -0.129. The molecule has 0 bridgehead atoms. The fraction of sp³-hybridized carbons (Fsp3) is 0.391. The molecule has 0 heterocycles. The SMILES string of the molecule is Cc1ccccc1OCCCC(=O)NCCNC(=O)c1ccc(C(C)C)cc1. The third-order valence-electron chi connectivity index (χ3n) is 4.47. The number of para-hydroxylation sites is 1. The number of aryl methyl sites for hydroxylation is 1. The molecular formula is C23H30N2O3. The van der Waals surface area contributed by atoms with E-state index in [0.717, 1.165) is 11.3 Å². The second-order valence-electron chi connectivity index (χ2n) is 7.10. The maximum Gasteiger partial charge on any atom is 0.251 e. The van der Waals surface area contributed by atoms with Crippen molar-refractivity contribution in [3.8, 4) is 5.75 Å². The van der Waals surface area contributed by atoms with Crippen LogP contribution in [0.3, 0.4) is 0 Å². The van der Waals surface area contributed by atoms with E-state index in [1.807, 2.05) is 55.5 Å². The smallest absolute Gasteiger partial charge is 0.251 e. The Morgan fingerprint density at radius 2 is 1.64 bits per heavy atom. The van der Waals surface area contributed by atoms with Crippen LogP contribution in [-0.4, -0.2) is 31.5 Å². The largest absolute Gasteiger partial charge is 0.493 e. The molecule has 2 amide bonds. The molecule has 0 aliphatic carbocycles. The molecule has 2 aromatic carbocycles. The second-order valence-corrected chi connectivity index (χ2v) is 7.10. The Bertz CT molecular complexity index is 770. The molecule has 150 valence electrons. The van der Waals surface area contributed by atoms with E-state index in [2.05, 4.69) is 24.5 Å². The van der Waals surface area contributed by atoms with Gasteiger partial charge in [0.15, 0.2) is 0 Å². The molecule has 0 aliphatic heterocycles. The zero-order valence-corrected chi connectivity index (χ0v) is 17.0. The molecule has 2 N–H and O–H groups in total. The third-order valence-corrected chi connectivity index (χ3v) is 4.47. The molecule has 0 saturated heterocycles. The van der Waals surface area contributed by atoms with Crippen LogP contribution < -0.4 is 15.4 Å². The lowest BCUT2D eigenvalue weighted by Crippen LogP contribution is -2.34. The van der Waals surface area contributed by atoms with Crippen molar-refractivity contribution in [3.63, 3.8) is 0 Å². The highest BCUT2D eigenvalue weighted by atomic mass is 16.5. The second kappa shape index (κ2) is 11.1. The summed E-state index contributed by atoms with van der Waals surface area (Å²) in [4.78, 5) is 24.0. The summed E-state index contributed by atoms with van der Waals surface area (Å²) in [6, 6.07) is 15.4. The Balaban J connectivity index is 1.58. The Morgan fingerprint density at radius 1 is 0.964 bits per heavy atom. The molecule has 28 heavy (non-hydrogen) atoms. The van der Waals surface area contributed by atoms with Crippen LogP contribution in [0.15, 0.2) is 48.5 Å². The minimum absolute atomic E-state index is 0.0380. The summed E-state index contributed by atoms with van der Waals surface area (Å²) >= 11 is 0. The van der Waals surface area contributed by atoms with Crippen LogP contribution in [0, 0.1) is 6.92 Å². The summed E-state index contributed by atoms with van der Waals surface area (Å²) in [5.41, 5.74) is 2.92. The van der Waals surface area contributed by atoms with Crippen molar-refractivity contribution in [2.75, 3.05) is 19.7 Å². The van der Waals surface area contributed by atoms with Gasteiger partial charge in [-0.2, -0.15) is 0 Å². The van der Waals surface area contributed by atoms with Gasteiger partial charge in [0.2, 0.25) is 5.91 Å². The average Bonchev–Trinajstić information content (AvgIpc) is 2.69. The van der Waals surface area contributed by atoms with Crippen LogP contribution in [0.4, 0.5) is 0 Å². The molecule has 0 spiro atoms. The first-order chi connectivity index (χ1) is 13.5. The van der Waals surface area contributed by atoms with Crippen LogP contribution in [0.25, 0.3) is 0 Å². The Hall–Kier alpha value is -2.82. The van der Waals surface area contributed by atoms with E-state index >= 15 is 0 Å². The van der Waals surface area contributed by atoms with Crippen molar-refractivity contribution in [3.05, 3.63) is 65.2 Å². The highest BCUT2D eigenvalue weighted by Crippen LogP contribution is 2.16. The maximum absolute atomic E-state index is 12.1. The van der Waals surface area contributed by atoms with Gasteiger partial charge in [0.1, 0.15) is 5.75 Å². The molecule has 0 aromatic heterocycles. The molecular weight excluding hydrogens is 352 g/mol. The quantitative estimate of drug-likeness (QED) is 0.614. The number of nitrogens with one attached hydrogen (secondary N) is 2. The van der Waals surface area contributed by atoms with Gasteiger partial charge in [0.25, 0.3) is 5.91 Å². The van der Waals surface area contributed by atoms with Crippen LogP contribution in [0.1, 0.15) is 54.1 Å². The fourth-order valence-electron chi connectivity index (χ4n) is 2.72. The maximum atomic E-state index is 12.1. The van der Waals surface area contributed by atoms with Crippen LogP contribution in [-0.2, 0) is 4.79 Å².